The zero-order valence-electron chi connectivity index (χ0n) is 8.44. The van der Waals surface area contributed by atoms with E-state index in [4.69, 9.17) is 0 Å². The van der Waals surface area contributed by atoms with E-state index in [1.807, 2.05) is 18.2 Å². The molecule has 1 heterocycles. The molecule has 0 aliphatic heterocycles. The molecule has 1 unspecified atom stereocenters. The molecule has 1 amide bonds. The van der Waals surface area contributed by atoms with Crippen molar-refractivity contribution in [2.24, 2.45) is 0 Å². The largest absolute Gasteiger partial charge is 0.358 e. The Morgan fingerprint density at radius 1 is 1.57 bits per heavy atom. The lowest BCUT2D eigenvalue weighted by Gasteiger charge is -2.14. The van der Waals surface area contributed by atoms with Gasteiger partial charge in [0.15, 0.2) is 0 Å². The predicted octanol–water partition coefficient (Wildman–Crippen LogP) is 1.71. The highest BCUT2D eigenvalue weighted by Gasteiger charge is 2.10. The Balaban J connectivity index is 2.62. The molecule has 1 atom stereocenters. The molecule has 3 nitrogen and oxygen atoms in total. The number of pyridine rings is 1. The first-order valence-electron chi connectivity index (χ1n) is 4.96. The lowest BCUT2D eigenvalue weighted by Crippen LogP contribution is -2.20. The summed E-state index contributed by atoms with van der Waals surface area (Å²) >= 11 is 0. The first-order chi connectivity index (χ1) is 6.88. The fourth-order valence-electron chi connectivity index (χ4n) is 1.51. The maximum absolute atomic E-state index is 10.2. The van der Waals surface area contributed by atoms with Gasteiger partial charge in [0.2, 0.25) is 6.41 Å². The highest BCUT2D eigenvalue weighted by atomic mass is 16.1. The van der Waals surface area contributed by atoms with E-state index in [0.29, 0.717) is 12.5 Å². The van der Waals surface area contributed by atoms with Crippen LogP contribution >= 0.6 is 0 Å². The van der Waals surface area contributed by atoms with E-state index in [1.165, 1.54) is 0 Å². The molecular weight excluding hydrogens is 176 g/mol. The Kier molecular flexibility index (Phi) is 4.69. The minimum absolute atomic E-state index is 0.339. The van der Waals surface area contributed by atoms with Crippen LogP contribution in [0.4, 0.5) is 0 Å². The Bertz CT molecular complexity index is 261. The Morgan fingerprint density at radius 3 is 3.00 bits per heavy atom. The zero-order chi connectivity index (χ0) is 10.2. The molecule has 0 radical (unpaired) electrons. The summed E-state index contributed by atoms with van der Waals surface area (Å²) in [6, 6.07) is 5.89. The molecule has 0 spiro atoms. The number of carbonyl (C=O) groups excluding carboxylic acids is 1. The van der Waals surface area contributed by atoms with Crippen molar-refractivity contribution < 1.29 is 4.79 Å². The second-order valence-electron chi connectivity index (χ2n) is 3.27. The summed E-state index contributed by atoms with van der Waals surface area (Å²) in [6.07, 6.45) is 4.68. The average molecular weight is 192 g/mol. The van der Waals surface area contributed by atoms with Gasteiger partial charge < -0.3 is 5.32 Å². The molecule has 14 heavy (non-hydrogen) atoms. The molecule has 0 saturated carbocycles. The van der Waals surface area contributed by atoms with Gasteiger partial charge in [-0.1, -0.05) is 19.4 Å². The number of nitrogens with one attached hydrogen (secondary N) is 1. The van der Waals surface area contributed by atoms with Crippen molar-refractivity contribution in [3.63, 3.8) is 0 Å². The van der Waals surface area contributed by atoms with Gasteiger partial charge >= 0.3 is 0 Å². The van der Waals surface area contributed by atoms with Crippen molar-refractivity contribution >= 4 is 6.41 Å². The minimum Gasteiger partial charge on any atom is -0.358 e. The van der Waals surface area contributed by atoms with Gasteiger partial charge in [-0.2, -0.15) is 0 Å². The third-order valence-corrected chi connectivity index (χ3v) is 2.19. The van der Waals surface area contributed by atoms with E-state index in [1.54, 1.807) is 6.20 Å². The smallest absolute Gasteiger partial charge is 0.207 e. The van der Waals surface area contributed by atoms with Crippen molar-refractivity contribution in [3.8, 4) is 0 Å². The lowest BCUT2D eigenvalue weighted by atomic mass is 9.99. The number of carbonyl (C=O) groups is 1. The molecule has 0 bridgehead atoms. The average Bonchev–Trinajstić information content (AvgIpc) is 2.25. The quantitative estimate of drug-likeness (QED) is 0.697. The third-order valence-electron chi connectivity index (χ3n) is 2.19. The molecule has 0 fully saturated rings. The molecule has 1 N–H and O–H groups in total. The maximum atomic E-state index is 10.2. The molecule has 1 aromatic rings. The summed E-state index contributed by atoms with van der Waals surface area (Å²) < 4.78 is 0. The van der Waals surface area contributed by atoms with Gasteiger partial charge in [0, 0.05) is 24.4 Å². The summed E-state index contributed by atoms with van der Waals surface area (Å²) in [5.41, 5.74) is 1.06. The summed E-state index contributed by atoms with van der Waals surface area (Å²) in [5.74, 6) is 0.339. The summed E-state index contributed by atoms with van der Waals surface area (Å²) in [5, 5.41) is 2.71. The Labute approximate surface area is 84.6 Å². The molecule has 1 rings (SSSR count). The van der Waals surface area contributed by atoms with Crippen LogP contribution in [0.1, 0.15) is 31.4 Å². The molecule has 1 aromatic heterocycles. The van der Waals surface area contributed by atoms with Crippen LogP contribution in [0.15, 0.2) is 24.4 Å². The molecule has 0 saturated heterocycles. The van der Waals surface area contributed by atoms with Gasteiger partial charge in [0.25, 0.3) is 0 Å². The van der Waals surface area contributed by atoms with Gasteiger partial charge in [0.05, 0.1) is 0 Å². The first-order valence-corrected chi connectivity index (χ1v) is 4.96. The Morgan fingerprint density at radius 2 is 2.43 bits per heavy atom. The van der Waals surface area contributed by atoms with Crippen LogP contribution < -0.4 is 5.32 Å². The predicted molar refractivity (Wildman–Crippen MR) is 56.0 cm³/mol. The van der Waals surface area contributed by atoms with Crippen molar-refractivity contribution in [1.29, 1.82) is 0 Å². The van der Waals surface area contributed by atoms with Gasteiger partial charge in [0.1, 0.15) is 0 Å². The van der Waals surface area contributed by atoms with E-state index in [-0.39, 0.29) is 0 Å². The topological polar surface area (TPSA) is 42.0 Å². The fourth-order valence-corrected chi connectivity index (χ4v) is 1.51. The summed E-state index contributed by atoms with van der Waals surface area (Å²) in [4.78, 5) is 14.5. The number of aromatic nitrogens is 1. The normalized spacial score (nSPS) is 12.1. The number of hydrogen-bond donors (Lipinski definition) is 1. The number of amides is 1. The molecule has 0 aromatic carbocycles. The molecule has 3 heteroatoms. The van der Waals surface area contributed by atoms with Gasteiger partial charge in [-0.05, 0) is 18.6 Å². The summed E-state index contributed by atoms with van der Waals surface area (Å²) in [6.45, 7) is 2.81. The van der Waals surface area contributed by atoms with Crippen LogP contribution in [0.25, 0.3) is 0 Å². The molecule has 0 aliphatic rings. The highest BCUT2D eigenvalue weighted by molar-refractivity contribution is 5.46. The van der Waals surface area contributed by atoms with Crippen LogP contribution in [0.5, 0.6) is 0 Å². The third kappa shape index (κ3) is 3.17. The standard InChI is InChI=1S/C11H16N2O/c1-2-5-10(8-12-9-14)11-6-3-4-7-13-11/h3-4,6-7,9-10H,2,5,8H2,1H3,(H,12,14). The molecule has 76 valence electrons. The van der Waals surface area contributed by atoms with E-state index in [9.17, 15) is 4.79 Å². The van der Waals surface area contributed by atoms with Crippen LogP contribution in [0.3, 0.4) is 0 Å². The highest BCUT2D eigenvalue weighted by Crippen LogP contribution is 2.17. The fraction of sp³-hybridized carbons (Fsp3) is 0.455. The molecular formula is C11H16N2O. The van der Waals surface area contributed by atoms with E-state index >= 15 is 0 Å². The van der Waals surface area contributed by atoms with Crippen molar-refractivity contribution in [2.45, 2.75) is 25.7 Å². The summed E-state index contributed by atoms with van der Waals surface area (Å²) in [7, 11) is 0. The van der Waals surface area contributed by atoms with Crippen LogP contribution in [-0.2, 0) is 4.79 Å². The number of rotatable bonds is 6. The monoisotopic (exact) mass is 192 g/mol. The first kappa shape index (κ1) is 10.7. The second-order valence-corrected chi connectivity index (χ2v) is 3.27. The van der Waals surface area contributed by atoms with Crippen LogP contribution in [0, 0.1) is 0 Å². The maximum Gasteiger partial charge on any atom is 0.207 e. The van der Waals surface area contributed by atoms with Gasteiger partial charge in [-0.15, -0.1) is 0 Å². The number of hydrogen-bond acceptors (Lipinski definition) is 2. The number of nitrogens with zero attached hydrogens (tertiary/aromatic N) is 1. The van der Waals surface area contributed by atoms with Crippen molar-refractivity contribution in [1.82, 2.24) is 10.3 Å². The SMILES string of the molecule is CCCC(CNC=O)c1ccccn1. The second kappa shape index (κ2) is 6.13. The van der Waals surface area contributed by atoms with E-state index < -0.39 is 0 Å². The Hall–Kier alpha value is -1.38. The molecule has 0 aliphatic carbocycles. The van der Waals surface area contributed by atoms with E-state index in [2.05, 4.69) is 17.2 Å². The van der Waals surface area contributed by atoms with Crippen molar-refractivity contribution in [3.05, 3.63) is 30.1 Å². The van der Waals surface area contributed by atoms with E-state index in [0.717, 1.165) is 24.9 Å². The van der Waals surface area contributed by atoms with Crippen LogP contribution in [0.2, 0.25) is 0 Å². The lowest BCUT2D eigenvalue weighted by molar-refractivity contribution is -0.109. The minimum atomic E-state index is 0.339. The van der Waals surface area contributed by atoms with Crippen molar-refractivity contribution in [2.75, 3.05) is 6.54 Å². The van der Waals surface area contributed by atoms with Gasteiger partial charge in [-0.25, -0.2) is 0 Å². The zero-order valence-corrected chi connectivity index (χ0v) is 8.44. The van der Waals surface area contributed by atoms with Gasteiger partial charge in [-0.3, -0.25) is 9.78 Å². The van der Waals surface area contributed by atoms with Crippen LogP contribution in [-0.4, -0.2) is 17.9 Å².